The second-order valence-corrected chi connectivity index (χ2v) is 2.88. The SMILES string of the molecule is C=C(C)C(=O)C(C)(N)CC. The highest BCUT2D eigenvalue weighted by Gasteiger charge is 2.25. The molecule has 2 heteroatoms. The van der Waals surface area contributed by atoms with Gasteiger partial charge in [0.1, 0.15) is 0 Å². The fourth-order valence-corrected chi connectivity index (χ4v) is 0.648. The van der Waals surface area contributed by atoms with Gasteiger partial charge >= 0.3 is 0 Å². The predicted octanol–water partition coefficient (Wildman–Crippen LogP) is 1.26. The standard InChI is InChI=1S/C8H15NO/c1-5-8(4,9)7(10)6(2)3/h2,5,9H2,1,3-4H3. The van der Waals surface area contributed by atoms with Crippen molar-refractivity contribution in [1.29, 1.82) is 0 Å². The van der Waals surface area contributed by atoms with Crippen LogP contribution in [0.1, 0.15) is 27.2 Å². The number of hydrogen-bond acceptors (Lipinski definition) is 2. The number of carbonyl (C=O) groups is 1. The topological polar surface area (TPSA) is 43.1 Å². The van der Waals surface area contributed by atoms with E-state index in [0.717, 1.165) is 0 Å². The van der Waals surface area contributed by atoms with Crippen molar-refractivity contribution in [3.05, 3.63) is 12.2 Å². The number of hydrogen-bond donors (Lipinski definition) is 1. The summed E-state index contributed by atoms with van der Waals surface area (Å²) >= 11 is 0. The molecule has 58 valence electrons. The average Bonchev–Trinajstić information content (AvgIpc) is 1.86. The Kier molecular flexibility index (Phi) is 2.78. The molecule has 0 saturated carbocycles. The maximum atomic E-state index is 11.2. The summed E-state index contributed by atoms with van der Waals surface area (Å²) in [6.45, 7) is 8.84. The minimum Gasteiger partial charge on any atom is -0.319 e. The van der Waals surface area contributed by atoms with Crippen molar-refractivity contribution in [2.45, 2.75) is 32.7 Å². The van der Waals surface area contributed by atoms with Crippen molar-refractivity contribution in [1.82, 2.24) is 0 Å². The highest BCUT2D eigenvalue weighted by Crippen LogP contribution is 2.10. The summed E-state index contributed by atoms with van der Waals surface area (Å²) in [5, 5.41) is 0. The molecular weight excluding hydrogens is 126 g/mol. The van der Waals surface area contributed by atoms with Crippen LogP contribution in [0.4, 0.5) is 0 Å². The molecule has 0 aromatic carbocycles. The lowest BCUT2D eigenvalue weighted by atomic mass is 9.91. The zero-order valence-corrected chi connectivity index (χ0v) is 6.90. The van der Waals surface area contributed by atoms with Crippen molar-refractivity contribution >= 4 is 5.78 Å². The van der Waals surface area contributed by atoms with E-state index in [0.29, 0.717) is 12.0 Å². The molecule has 1 unspecified atom stereocenters. The highest BCUT2D eigenvalue weighted by atomic mass is 16.1. The van der Waals surface area contributed by atoms with Crippen molar-refractivity contribution in [2.24, 2.45) is 5.73 Å². The van der Waals surface area contributed by atoms with Gasteiger partial charge in [-0.2, -0.15) is 0 Å². The molecule has 0 spiro atoms. The molecule has 0 aromatic rings. The largest absolute Gasteiger partial charge is 0.319 e. The third-order valence-electron chi connectivity index (χ3n) is 1.64. The molecule has 0 aromatic heterocycles. The van der Waals surface area contributed by atoms with E-state index in [9.17, 15) is 4.79 Å². The monoisotopic (exact) mass is 141 g/mol. The van der Waals surface area contributed by atoms with Gasteiger partial charge in [0.25, 0.3) is 0 Å². The summed E-state index contributed by atoms with van der Waals surface area (Å²) in [6, 6.07) is 0. The van der Waals surface area contributed by atoms with E-state index in [1.807, 2.05) is 6.92 Å². The molecule has 0 bridgehead atoms. The summed E-state index contributed by atoms with van der Waals surface area (Å²) < 4.78 is 0. The van der Waals surface area contributed by atoms with Crippen LogP contribution in [0.25, 0.3) is 0 Å². The summed E-state index contributed by atoms with van der Waals surface area (Å²) in [6.07, 6.45) is 0.651. The Labute approximate surface area is 62.1 Å². The number of nitrogens with two attached hydrogens (primary N) is 1. The minimum atomic E-state index is -0.716. The summed E-state index contributed by atoms with van der Waals surface area (Å²) in [5.41, 5.74) is 5.47. The van der Waals surface area contributed by atoms with Crippen LogP contribution in [0.15, 0.2) is 12.2 Å². The first-order chi connectivity index (χ1) is 4.41. The van der Waals surface area contributed by atoms with Crippen molar-refractivity contribution in [3.63, 3.8) is 0 Å². The fourth-order valence-electron chi connectivity index (χ4n) is 0.648. The van der Waals surface area contributed by atoms with Gasteiger partial charge in [0.15, 0.2) is 5.78 Å². The Hall–Kier alpha value is -0.630. The molecule has 0 aliphatic heterocycles. The molecule has 0 aliphatic rings. The van der Waals surface area contributed by atoms with Gasteiger partial charge in [-0.25, -0.2) is 0 Å². The van der Waals surface area contributed by atoms with E-state index in [1.165, 1.54) is 0 Å². The van der Waals surface area contributed by atoms with Gasteiger partial charge in [-0.3, -0.25) is 4.79 Å². The first-order valence-electron chi connectivity index (χ1n) is 3.41. The maximum absolute atomic E-state index is 11.2. The lowest BCUT2D eigenvalue weighted by Gasteiger charge is -2.20. The molecule has 0 aliphatic carbocycles. The molecule has 0 rings (SSSR count). The van der Waals surface area contributed by atoms with Crippen LogP contribution >= 0.6 is 0 Å². The van der Waals surface area contributed by atoms with Gasteiger partial charge in [0, 0.05) is 0 Å². The summed E-state index contributed by atoms with van der Waals surface area (Å²) in [4.78, 5) is 11.2. The van der Waals surface area contributed by atoms with E-state index in [2.05, 4.69) is 6.58 Å². The second kappa shape index (κ2) is 2.97. The number of carbonyl (C=O) groups excluding carboxylic acids is 1. The van der Waals surface area contributed by atoms with Gasteiger partial charge in [-0.15, -0.1) is 0 Å². The third kappa shape index (κ3) is 1.95. The number of ketones is 1. The van der Waals surface area contributed by atoms with Crippen LogP contribution < -0.4 is 5.73 Å². The Balaban J connectivity index is 4.33. The van der Waals surface area contributed by atoms with Gasteiger partial charge < -0.3 is 5.73 Å². The molecule has 0 radical (unpaired) electrons. The molecule has 10 heavy (non-hydrogen) atoms. The number of rotatable bonds is 3. The second-order valence-electron chi connectivity index (χ2n) is 2.88. The van der Waals surface area contributed by atoms with E-state index >= 15 is 0 Å². The molecule has 2 N–H and O–H groups in total. The lowest BCUT2D eigenvalue weighted by molar-refractivity contribution is -0.119. The Morgan fingerprint density at radius 1 is 1.70 bits per heavy atom. The first-order valence-corrected chi connectivity index (χ1v) is 3.41. The van der Waals surface area contributed by atoms with Crippen molar-refractivity contribution in [3.8, 4) is 0 Å². The van der Waals surface area contributed by atoms with Crippen LogP contribution in [-0.2, 0) is 4.79 Å². The van der Waals surface area contributed by atoms with Gasteiger partial charge in [-0.05, 0) is 25.8 Å². The zero-order chi connectivity index (χ0) is 8.36. The smallest absolute Gasteiger partial charge is 0.177 e. The van der Waals surface area contributed by atoms with Crippen LogP contribution in [0.2, 0.25) is 0 Å². The average molecular weight is 141 g/mol. The molecule has 0 amide bonds. The van der Waals surface area contributed by atoms with Crippen LogP contribution in [0.3, 0.4) is 0 Å². The van der Waals surface area contributed by atoms with Gasteiger partial charge in [-0.1, -0.05) is 13.5 Å². The molecule has 0 heterocycles. The van der Waals surface area contributed by atoms with Gasteiger partial charge in [0.05, 0.1) is 5.54 Å². The molecule has 0 saturated heterocycles. The van der Waals surface area contributed by atoms with Crippen LogP contribution in [0, 0.1) is 0 Å². The molecular formula is C8H15NO. The molecule has 2 nitrogen and oxygen atoms in total. The fraction of sp³-hybridized carbons (Fsp3) is 0.625. The number of Topliss-reactive ketones (excluding diaryl/α,β-unsaturated/α-hetero) is 1. The van der Waals surface area contributed by atoms with E-state index in [4.69, 9.17) is 5.73 Å². The minimum absolute atomic E-state index is 0.0463. The first kappa shape index (κ1) is 9.37. The normalized spacial score (nSPS) is 16.0. The highest BCUT2D eigenvalue weighted by molar-refractivity contribution is 6.01. The summed E-state index contributed by atoms with van der Waals surface area (Å²) in [5.74, 6) is -0.0463. The Bertz CT molecular complexity index is 159. The van der Waals surface area contributed by atoms with Crippen LogP contribution in [0.5, 0.6) is 0 Å². The Morgan fingerprint density at radius 2 is 2.10 bits per heavy atom. The molecule has 1 atom stereocenters. The molecule has 0 fully saturated rings. The van der Waals surface area contributed by atoms with Gasteiger partial charge in [0.2, 0.25) is 0 Å². The van der Waals surface area contributed by atoms with E-state index in [-0.39, 0.29) is 5.78 Å². The Morgan fingerprint density at radius 3 is 2.20 bits per heavy atom. The lowest BCUT2D eigenvalue weighted by Crippen LogP contribution is -2.44. The van der Waals surface area contributed by atoms with E-state index in [1.54, 1.807) is 13.8 Å². The zero-order valence-electron chi connectivity index (χ0n) is 6.90. The van der Waals surface area contributed by atoms with Crippen molar-refractivity contribution in [2.75, 3.05) is 0 Å². The summed E-state index contributed by atoms with van der Waals surface area (Å²) in [7, 11) is 0. The predicted molar refractivity (Wildman–Crippen MR) is 42.7 cm³/mol. The van der Waals surface area contributed by atoms with Crippen LogP contribution in [-0.4, -0.2) is 11.3 Å². The van der Waals surface area contributed by atoms with E-state index < -0.39 is 5.54 Å². The quantitative estimate of drug-likeness (QED) is 0.601. The maximum Gasteiger partial charge on any atom is 0.177 e. The third-order valence-corrected chi connectivity index (χ3v) is 1.64. The van der Waals surface area contributed by atoms with Crippen molar-refractivity contribution < 1.29 is 4.79 Å².